The first-order chi connectivity index (χ1) is 6.06. The zero-order valence-corrected chi connectivity index (χ0v) is 9.57. The fourth-order valence-corrected chi connectivity index (χ4v) is 1.60. The molecule has 0 aliphatic carbocycles. The molecule has 0 N–H and O–H groups in total. The highest BCUT2D eigenvalue weighted by Crippen LogP contribution is 2.26. The van der Waals surface area contributed by atoms with Crippen LogP contribution >= 0.6 is 27.5 Å². The Balaban J connectivity index is 3.23. The zero-order valence-electron chi connectivity index (χ0n) is 7.23. The molecule has 1 aromatic carbocycles. The van der Waals surface area contributed by atoms with E-state index in [1.54, 1.807) is 12.1 Å². The van der Waals surface area contributed by atoms with Crippen molar-refractivity contribution in [1.29, 1.82) is 0 Å². The molecule has 1 aromatic rings. The van der Waals surface area contributed by atoms with E-state index < -0.39 is 0 Å². The average molecular weight is 264 g/mol. The Bertz CT molecular complexity index is 350. The molecule has 0 aliphatic rings. The van der Waals surface area contributed by atoms with Crippen LogP contribution in [-0.2, 0) is 4.74 Å². The topological polar surface area (TPSA) is 26.3 Å². The summed E-state index contributed by atoms with van der Waals surface area (Å²) in [5, 5.41) is 0.506. The van der Waals surface area contributed by atoms with Crippen molar-refractivity contribution < 1.29 is 9.53 Å². The number of aryl methyl sites for hydroxylation is 1. The number of methoxy groups -OCH3 is 1. The van der Waals surface area contributed by atoms with Gasteiger partial charge in [-0.2, -0.15) is 0 Å². The van der Waals surface area contributed by atoms with E-state index in [1.165, 1.54) is 7.11 Å². The summed E-state index contributed by atoms with van der Waals surface area (Å²) in [6.45, 7) is 1.83. The lowest BCUT2D eigenvalue weighted by atomic mass is 10.1. The number of rotatable bonds is 1. The summed E-state index contributed by atoms with van der Waals surface area (Å²) < 4.78 is 5.38. The minimum atomic E-state index is -0.369. The summed E-state index contributed by atoms with van der Waals surface area (Å²) in [6.07, 6.45) is 0. The van der Waals surface area contributed by atoms with Crippen LogP contribution in [0.5, 0.6) is 0 Å². The molecule has 0 heterocycles. The van der Waals surface area contributed by atoms with E-state index >= 15 is 0 Å². The summed E-state index contributed by atoms with van der Waals surface area (Å²) in [5.41, 5.74) is 1.33. The monoisotopic (exact) mass is 262 g/mol. The van der Waals surface area contributed by atoms with E-state index in [-0.39, 0.29) is 5.97 Å². The van der Waals surface area contributed by atoms with Gasteiger partial charge in [0.25, 0.3) is 0 Å². The first kappa shape index (κ1) is 10.5. The lowest BCUT2D eigenvalue weighted by Crippen LogP contribution is -2.03. The summed E-state index contributed by atoms with van der Waals surface area (Å²) in [5.74, 6) is -0.369. The van der Waals surface area contributed by atoms with E-state index in [2.05, 4.69) is 20.7 Å². The lowest BCUT2D eigenvalue weighted by Gasteiger charge is -2.05. The van der Waals surface area contributed by atoms with Crippen LogP contribution in [0.15, 0.2) is 16.6 Å². The van der Waals surface area contributed by atoms with Gasteiger partial charge in [0.15, 0.2) is 0 Å². The van der Waals surface area contributed by atoms with Crippen molar-refractivity contribution in [2.75, 3.05) is 7.11 Å². The molecule has 1 rings (SSSR count). The molecule has 0 amide bonds. The Kier molecular flexibility index (Phi) is 3.33. The van der Waals surface area contributed by atoms with Crippen LogP contribution in [-0.4, -0.2) is 13.1 Å². The van der Waals surface area contributed by atoms with Crippen LogP contribution in [0.25, 0.3) is 0 Å². The van der Waals surface area contributed by atoms with E-state index in [9.17, 15) is 4.79 Å². The summed E-state index contributed by atoms with van der Waals surface area (Å²) >= 11 is 9.10. The first-order valence-corrected chi connectivity index (χ1v) is 4.77. The van der Waals surface area contributed by atoms with E-state index in [0.717, 1.165) is 10.0 Å². The largest absolute Gasteiger partial charge is 0.465 e. The van der Waals surface area contributed by atoms with Crippen LogP contribution in [0.2, 0.25) is 5.02 Å². The second-order valence-corrected chi connectivity index (χ2v) is 3.83. The smallest absolute Gasteiger partial charge is 0.338 e. The Morgan fingerprint density at radius 3 is 2.69 bits per heavy atom. The predicted octanol–water partition coefficient (Wildman–Crippen LogP) is 3.20. The molecule has 2 nitrogen and oxygen atoms in total. The van der Waals surface area contributed by atoms with Gasteiger partial charge in [0.1, 0.15) is 0 Å². The number of carbonyl (C=O) groups is 1. The minimum Gasteiger partial charge on any atom is -0.465 e. The third-order valence-corrected chi connectivity index (χ3v) is 2.87. The van der Waals surface area contributed by atoms with Gasteiger partial charge >= 0.3 is 5.97 Å². The highest BCUT2D eigenvalue weighted by atomic mass is 79.9. The van der Waals surface area contributed by atoms with Crippen LogP contribution in [0, 0.1) is 6.92 Å². The second kappa shape index (κ2) is 4.11. The molecule has 0 saturated heterocycles. The highest BCUT2D eigenvalue weighted by Gasteiger charge is 2.11. The normalized spacial score (nSPS) is 9.85. The third kappa shape index (κ3) is 2.23. The first-order valence-electron chi connectivity index (χ1n) is 3.60. The summed E-state index contributed by atoms with van der Waals surface area (Å²) in [7, 11) is 1.34. The zero-order chi connectivity index (χ0) is 10.0. The minimum absolute atomic E-state index is 0.369. The van der Waals surface area contributed by atoms with Gasteiger partial charge < -0.3 is 4.74 Å². The number of carbonyl (C=O) groups excluding carboxylic acids is 1. The molecule has 0 saturated carbocycles. The van der Waals surface area contributed by atoms with Crippen LogP contribution < -0.4 is 0 Å². The predicted molar refractivity (Wildman–Crippen MR) is 55.2 cm³/mol. The maximum Gasteiger partial charge on any atom is 0.338 e. The fourth-order valence-electron chi connectivity index (χ4n) is 0.976. The molecule has 0 atom stereocenters. The quantitative estimate of drug-likeness (QED) is 0.727. The van der Waals surface area contributed by atoms with Gasteiger partial charge in [-0.3, -0.25) is 0 Å². The van der Waals surface area contributed by atoms with Crippen molar-refractivity contribution in [1.82, 2.24) is 0 Å². The van der Waals surface area contributed by atoms with Crippen LogP contribution in [0.4, 0.5) is 0 Å². The molecule has 0 radical (unpaired) electrons. The maximum atomic E-state index is 11.2. The van der Waals surface area contributed by atoms with Crippen molar-refractivity contribution in [2.24, 2.45) is 0 Å². The van der Waals surface area contributed by atoms with Crippen LogP contribution in [0.1, 0.15) is 15.9 Å². The van der Waals surface area contributed by atoms with Crippen molar-refractivity contribution in [3.05, 3.63) is 32.8 Å². The highest BCUT2D eigenvalue weighted by molar-refractivity contribution is 9.10. The van der Waals surface area contributed by atoms with Gasteiger partial charge in [0.05, 0.1) is 17.7 Å². The summed E-state index contributed by atoms with van der Waals surface area (Å²) in [4.78, 5) is 11.2. The number of hydrogen-bond acceptors (Lipinski definition) is 2. The van der Waals surface area contributed by atoms with Crippen molar-refractivity contribution >= 4 is 33.5 Å². The molecule has 0 fully saturated rings. The third-order valence-electron chi connectivity index (χ3n) is 1.67. The molecule has 4 heteroatoms. The standard InChI is InChI=1S/C9H8BrClO2/c1-5-3-7(10)8(11)4-6(5)9(12)13-2/h3-4H,1-2H3. The number of benzene rings is 1. The molecule has 0 bridgehead atoms. The van der Waals surface area contributed by atoms with Gasteiger partial charge in [-0.1, -0.05) is 11.6 Å². The number of halogens is 2. The van der Waals surface area contributed by atoms with Gasteiger partial charge in [-0.05, 0) is 40.5 Å². The molecule has 0 aromatic heterocycles. The number of esters is 1. The maximum absolute atomic E-state index is 11.2. The molecule has 13 heavy (non-hydrogen) atoms. The Morgan fingerprint density at radius 1 is 1.54 bits per heavy atom. The van der Waals surface area contributed by atoms with Crippen molar-refractivity contribution in [3.63, 3.8) is 0 Å². The molecule has 0 spiro atoms. The van der Waals surface area contributed by atoms with Crippen molar-refractivity contribution in [2.45, 2.75) is 6.92 Å². The van der Waals surface area contributed by atoms with Gasteiger partial charge in [0, 0.05) is 4.47 Å². The van der Waals surface area contributed by atoms with Crippen LogP contribution in [0.3, 0.4) is 0 Å². The number of hydrogen-bond donors (Lipinski definition) is 0. The Hall–Kier alpha value is -0.540. The average Bonchev–Trinajstić information content (AvgIpc) is 2.10. The van der Waals surface area contributed by atoms with Crippen molar-refractivity contribution in [3.8, 4) is 0 Å². The van der Waals surface area contributed by atoms with Gasteiger partial charge in [-0.15, -0.1) is 0 Å². The van der Waals surface area contributed by atoms with E-state index in [1.807, 2.05) is 6.92 Å². The molecule has 0 unspecified atom stereocenters. The Labute approximate surface area is 90.0 Å². The van der Waals surface area contributed by atoms with Gasteiger partial charge in [-0.25, -0.2) is 4.79 Å². The van der Waals surface area contributed by atoms with E-state index in [0.29, 0.717) is 10.6 Å². The van der Waals surface area contributed by atoms with E-state index in [4.69, 9.17) is 11.6 Å². The SMILES string of the molecule is COC(=O)c1cc(Cl)c(Br)cc1C. The lowest BCUT2D eigenvalue weighted by molar-refractivity contribution is 0.0600. The molecular weight excluding hydrogens is 255 g/mol. The molecular formula is C9H8BrClO2. The second-order valence-electron chi connectivity index (χ2n) is 2.57. The fraction of sp³-hybridized carbons (Fsp3) is 0.222. The van der Waals surface area contributed by atoms with Gasteiger partial charge in [0.2, 0.25) is 0 Å². The number of ether oxygens (including phenoxy) is 1. The summed E-state index contributed by atoms with van der Waals surface area (Å²) in [6, 6.07) is 3.38. The molecule has 70 valence electrons. The molecule has 0 aliphatic heterocycles. The Morgan fingerprint density at radius 2 is 2.15 bits per heavy atom.